The predicted octanol–water partition coefficient (Wildman–Crippen LogP) is 4.11. The summed E-state index contributed by atoms with van der Waals surface area (Å²) in [6, 6.07) is 16.2. The van der Waals surface area contributed by atoms with E-state index >= 15 is 0 Å². The minimum Gasteiger partial charge on any atom is -0.360 e. The molecule has 0 fully saturated rings. The predicted molar refractivity (Wildman–Crippen MR) is 88.6 cm³/mol. The molecule has 110 valence electrons. The number of aryl methyl sites for hydroxylation is 1. The van der Waals surface area contributed by atoms with Crippen molar-refractivity contribution in [3.8, 4) is 6.07 Å². The van der Waals surface area contributed by atoms with E-state index in [4.69, 9.17) is 16.9 Å². The van der Waals surface area contributed by atoms with E-state index in [-0.39, 0.29) is 5.57 Å². The van der Waals surface area contributed by atoms with Gasteiger partial charge in [-0.15, -0.1) is 0 Å². The normalized spacial score (nSPS) is 10.7. The lowest BCUT2D eigenvalue weighted by molar-refractivity contribution is -0.112. The Morgan fingerprint density at radius 1 is 1.18 bits per heavy atom. The Hall–Kier alpha value is -2.77. The highest BCUT2D eigenvalue weighted by atomic mass is 35.5. The van der Waals surface area contributed by atoms with E-state index in [1.165, 1.54) is 6.20 Å². The molecule has 0 radical (unpaired) electrons. The van der Waals surface area contributed by atoms with Crippen molar-refractivity contribution in [1.29, 1.82) is 5.26 Å². The summed E-state index contributed by atoms with van der Waals surface area (Å²) in [5, 5.41) is 15.3. The SMILES string of the molecule is Cc1cccc(NC(=O)/C(C#N)=C\Nc2ccc(Cl)cc2)c1. The third kappa shape index (κ3) is 4.37. The van der Waals surface area contributed by atoms with E-state index in [1.54, 1.807) is 30.3 Å². The lowest BCUT2D eigenvalue weighted by Gasteiger charge is -2.06. The number of amides is 1. The molecule has 2 aromatic rings. The van der Waals surface area contributed by atoms with Crippen LogP contribution in [0.2, 0.25) is 5.02 Å². The van der Waals surface area contributed by atoms with Gasteiger partial charge in [0.05, 0.1) is 0 Å². The van der Waals surface area contributed by atoms with Crippen LogP contribution in [0.25, 0.3) is 0 Å². The molecular formula is C17H14ClN3O. The van der Waals surface area contributed by atoms with Crippen LogP contribution >= 0.6 is 11.6 Å². The van der Waals surface area contributed by atoms with Crippen molar-refractivity contribution in [2.45, 2.75) is 6.92 Å². The minimum atomic E-state index is -0.463. The summed E-state index contributed by atoms with van der Waals surface area (Å²) in [6.07, 6.45) is 1.37. The summed E-state index contributed by atoms with van der Waals surface area (Å²) in [6.45, 7) is 1.93. The van der Waals surface area contributed by atoms with Crippen LogP contribution in [0, 0.1) is 18.3 Å². The number of anilines is 2. The third-order valence-corrected chi connectivity index (χ3v) is 3.12. The second-order valence-corrected chi connectivity index (χ2v) is 5.08. The van der Waals surface area contributed by atoms with E-state index in [1.807, 2.05) is 31.2 Å². The number of carbonyl (C=O) groups is 1. The summed E-state index contributed by atoms with van der Waals surface area (Å²) in [7, 11) is 0. The molecule has 0 saturated carbocycles. The van der Waals surface area contributed by atoms with Crippen LogP contribution in [0.1, 0.15) is 5.56 Å². The van der Waals surface area contributed by atoms with Gasteiger partial charge in [0.15, 0.2) is 0 Å². The number of nitriles is 1. The average molecular weight is 312 g/mol. The molecule has 0 bridgehead atoms. The van der Waals surface area contributed by atoms with Crippen LogP contribution in [0.3, 0.4) is 0 Å². The summed E-state index contributed by atoms with van der Waals surface area (Å²) in [4.78, 5) is 12.1. The second-order valence-electron chi connectivity index (χ2n) is 4.64. The van der Waals surface area contributed by atoms with Gasteiger partial charge in [-0.2, -0.15) is 5.26 Å². The van der Waals surface area contributed by atoms with Gasteiger partial charge >= 0.3 is 0 Å². The summed E-state index contributed by atoms with van der Waals surface area (Å²) in [5.74, 6) is -0.463. The molecule has 2 aromatic carbocycles. The number of nitrogens with zero attached hydrogens (tertiary/aromatic N) is 1. The van der Waals surface area contributed by atoms with Gasteiger partial charge in [-0.1, -0.05) is 23.7 Å². The Labute approximate surface area is 134 Å². The molecular weight excluding hydrogens is 298 g/mol. The van der Waals surface area contributed by atoms with E-state index in [2.05, 4.69) is 10.6 Å². The molecule has 0 aliphatic heterocycles. The van der Waals surface area contributed by atoms with Gasteiger partial charge in [-0.05, 0) is 48.9 Å². The van der Waals surface area contributed by atoms with Crippen LogP contribution in [0.5, 0.6) is 0 Å². The fourth-order valence-electron chi connectivity index (χ4n) is 1.77. The van der Waals surface area contributed by atoms with Gasteiger partial charge in [0.1, 0.15) is 11.6 Å². The minimum absolute atomic E-state index is 0.0172. The Bertz CT molecular complexity index is 745. The third-order valence-electron chi connectivity index (χ3n) is 2.87. The second kappa shape index (κ2) is 7.30. The van der Waals surface area contributed by atoms with Gasteiger partial charge in [-0.3, -0.25) is 4.79 Å². The van der Waals surface area contributed by atoms with Crippen LogP contribution in [-0.4, -0.2) is 5.91 Å². The Morgan fingerprint density at radius 3 is 2.55 bits per heavy atom. The van der Waals surface area contributed by atoms with Crippen molar-refractivity contribution in [3.05, 3.63) is 70.9 Å². The lowest BCUT2D eigenvalue weighted by atomic mass is 10.2. The topological polar surface area (TPSA) is 64.9 Å². The quantitative estimate of drug-likeness (QED) is 0.660. The van der Waals surface area contributed by atoms with Gasteiger partial charge in [0.25, 0.3) is 5.91 Å². The number of rotatable bonds is 4. The molecule has 0 aliphatic carbocycles. The zero-order chi connectivity index (χ0) is 15.9. The van der Waals surface area contributed by atoms with E-state index in [0.29, 0.717) is 10.7 Å². The molecule has 0 aromatic heterocycles. The zero-order valence-electron chi connectivity index (χ0n) is 11.9. The molecule has 0 heterocycles. The first-order valence-corrected chi connectivity index (χ1v) is 6.96. The molecule has 22 heavy (non-hydrogen) atoms. The maximum absolute atomic E-state index is 12.1. The number of halogens is 1. The van der Waals surface area contributed by atoms with E-state index in [9.17, 15) is 4.79 Å². The van der Waals surface area contributed by atoms with Crippen LogP contribution in [-0.2, 0) is 4.79 Å². The van der Waals surface area contributed by atoms with Crippen molar-refractivity contribution in [1.82, 2.24) is 0 Å². The van der Waals surface area contributed by atoms with Gasteiger partial charge in [-0.25, -0.2) is 0 Å². The molecule has 0 saturated heterocycles. The molecule has 0 unspecified atom stereocenters. The molecule has 2 rings (SSSR count). The maximum atomic E-state index is 12.1. The number of benzene rings is 2. The molecule has 0 atom stereocenters. The van der Waals surface area contributed by atoms with E-state index in [0.717, 1.165) is 11.3 Å². The summed E-state index contributed by atoms with van der Waals surface area (Å²) in [5.41, 5.74) is 2.40. The van der Waals surface area contributed by atoms with Crippen LogP contribution < -0.4 is 10.6 Å². The van der Waals surface area contributed by atoms with Crippen molar-refractivity contribution in [2.24, 2.45) is 0 Å². The summed E-state index contributed by atoms with van der Waals surface area (Å²) >= 11 is 5.80. The van der Waals surface area contributed by atoms with Gasteiger partial charge in [0, 0.05) is 22.6 Å². The van der Waals surface area contributed by atoms with Crippen LogP contribution in [0.15, 0.2) is 60.3 Å². The fraction of sp³-hybridized carbons (Fsp3) is 0.0588. The number of nitrogens with one attached hydrogen (secondary N) is 2. The van der Waals surface area contributed by atoms with E-state index < -0.39 is 5.91 Å². The molecule has 4 nitrogen and oxygen atoms in total. The molecule has 2 N–H and O–H groups in total. The standard InChI is InChI=1S/C17H14ClN3O/c1-12-3-2-4-16(9-12)21-17(22)13(10-19)11-20-15-7-5-14(18)6-8-15/h2-9,11,20H,1H3,(H,21,22)/b13-11-. The number of hydrogen-bond acceptors (Lipinski definition) is 3. The highest BCUT2D eigenvalue weighted by Crippen LogP contribution is 2.14. The lowest BCUT2D eigenvalue weighted by Crippen LogP contribution is -2.14. The Morgan fingerprint density at radius 2 is 1.91 bits per heavy atom. The first-order chi connectivity index (χ1) is 10.6. The monoisotopic (exact) mass is 311 g/mol. The highest BCUT2D eigenvalue weighted by molar-refractivity contribution is 6.30. The molecule has 5 heteroatoms. The van der Waals surface area contributed by atoms with Gasteiger partial charge in [0.2, 0.25) is 0 Å². The van der Waals surface area contributed by atoms with Crippen LogP contribution in [0.4, 0.5) is 11.4 Å². The first kappa shape index (κ1) is 15.6. The highest BCUT2D eigenvalue weighted by Gasteiger charge is 2.09. The van der Waals surface area contributed by atoms with Crippen molar-refractivity contribution < 1.29 is 4.79 Å². The largest absolute Gasteiger partial charge is 0.360 e. The summed E-state index contributed by atoms with van der Waals surface area (Å²) < 4.78 is 0. The number of hydrogen-bond donors (Lipinski definition) is 2. The average Bonchev–Trinajstić information content (AvgIpc) is 2.49. The molecule has 1 amide bonds. The maximum Gasteiger partial charge on any atom is 0.267 e. The first-order valence-electron chi connectivity index (χ1n) is 6.59. The Kier molecular flexibility index (Phi) is 5.18. The molecule has 0 spiro atoms. The zero-order valence-corrected chi connectivity index (χ0v) is 12.7. The van der Waals surface area contributed by atoms with Crippen molar-refractivity contribution in [2.75, 3.05) is 10.6 Å². The molecule has 0 aliphatic rings. The fourth-order valence-corrected chi connectivity index (χ4v) is 1.90. The van der Waals surface area contributed by atoms with Gasteiger partial charge < -0.3 is 10.6 Å². The Balaban J connectivity index is 2.07. The van der Waals surface area contributed by atoms with Crippen molar-refractivity contribution >= 4 is 28.9 Å². The van der Waals surface area contributed by atoms with Crippen molar-refractivity contribution in [3.63, 3.8) is 0 Å². The smallest absolute Gasteiger partial charge is 0.267 e. The number of carbonyl (C=O) groups excluding carboxylic acids is 1.